The zero-order valence-electron chi connectivity index (χ0n) is 10.4. The molecule has 2 unspecified atom stereocenters. The summed E-state index contributed by atoms with van der Waals surface area (Å²) in [7, 11) is 0. The third-order valence-corrected chi connectivity index (χ3v) is 2.61. The summed E-state index contributed by atoms with van der Waals surface area (Å²) in [4.78, 5) is 0. The summed E-state index contributed by atoms with van der Waals surface area (Å²) in [5.74, 6) is 0.995. The second kappa shape index (κ2) is 6.41. The Bertz CT molecular complexity index is 127. The van der Waals surface area contributed by atoms with Crippen LogP contribution in [0.5, 0.6) is 0 Å². The van der Waals surface area contributed by atoms with Crippen LogP contribution in [0.15, 0.2) is 0 Å². The van der Waals surface area contributed by atoms with Gasteiger partial charge in [-0.3, -0.25) is 0 Å². The second-order valence-corrected chi connectivity index (χ2v) is 4.60. The molecule has 0 bridgehead atoms. The Morgan fingerprint density at radius 1 is 0.714 bits per heavy atom. The lowest BCUT2D eigenvalue weighted by Gasteiger charge is -2.26. The van der Waals surface area contributed by atoms with Crippen molar-refractivity contribution in [1.29, 1.82) is 0 Å². The first-order valence-corrected chi connectivity index (χ1v) is 5.48. The first-order valence-electron chi connectivity index (χ1n) is 5.48. The molecule has 2 heteroatoms. The van der Waals surface area contributed by atoms with Crippen LogP contribution in [-0.2, 0) is 9.47 Å². The molecule has 0 N–H and O–H groups in total. The number of rotatable bonds is 6. The summed E-state index contributed by atoms with van der Waals surface area (Å²) >= 11 is 0. The molecule has 0 saturated carbocycles. The molecule has 0 heterocycles. The Morgan fingerprint density at radius 2 is 1.00 bits per heavy atom. The number of hydrogen-bond donors (Lipinski definition) is 0. The molecule has 0 fully saturated rings. The monoisotopic (exact) mass is 201 g/mol. The highest BCUT2D eigenvalue weighted by Gasteiger charge is 2.16. The first kappa shape index (κ1) is 13.9. The molecule has 0 spiro atoms. The molecule has 0 aromatic heterocycles. The summed E-state index contributed by atoms with van der Waals surface area (Å²) in [6.45, 7) is 16.4. The molecule has 85 valence electrons. The highest BCUT2D eigenvalue weighted by Crippen LogP contribution is 2.13. The lowest BCUT2D eigenvalue weighted by Crippen LogP contribution is -2.29. The summed E-state index contributed by atoms with van der Waals surface area (Å²) < 4.78 is 11.2. The highest BCUT2D eigenvalue weighted by molar-refractivity contribution is 4.61. The van der Waals surface area contributed by atoms with Gasteiger partial charge in [0.1, 0.15) is 0 Å². The second-order valence-electron chi connectivity index (χ2n) is 4.60. The Kier molecular flexibility index (Phi) is 6.38. The Hall–Kier alpha value is -0.0800. The van der Waals surface area contributed by atoms with E-state index < -0.39 is 0 Å². The van der Waals surface area contributed by atoms with Crippen LogP contribution in [0.3, 0.4) is 0 Å². The maximum absolute atomic E-state index is 5.60. The molecule has 0 aromatic rings. The van der Waals surface area contributed by atoms with E-state index in [2.05, 4.69) is 34.6 Å². The van der Waals surface area contributed by atoms with Crippen LogP contribution in [0.2, 0.25) is 0 Å². The van der Waals surface area contributed by atoms with Crippen LogP contribution in [0.25, 0.3) is 0 Å². The maximum Gasteiger partial charge on any atom is 0.158 e. The van der Waals surface area contributed by atoms with Gasteiger partial charge in [0.15, 0.2) is 6.29 Å². The Morgan fingerprint density at radius 3 is 1.21 bits per heavy atom. The van der Waals surface area contributed by atoms with Gasteiger partial charge < -0.3 is 9.47 Å². The minimum atomic E-state index is -0.357. The van der Waals surface area contributed by atoms with Crippen LogP contribution in [0.4, 0.5) is 0 Å². The summed E-state index contributed by atoms with van der Waals surface area (Å²) in [5, 5.41) is 0. The van der Waals surface area contributed by atoms with Crippen molar-refractivity contribution >= 4 is 0 Å². The summed E-state index contributed by atoms with van der Waals surface area (Å²) in [6.07, 6.45) is 0.0264. The van der Waals surface area contributed by atoms with Crippen LogP contribution in [-0.4, -0.2) is 18.5 Å². The quantitative estimate of drug-likeness (QED) is 0.614. The lowest BCUT2D eigenvalue weighted by molar-refractivity contribution is -0.178. The average molecular weight is 201 g/mol. The molecule has 0 aliphatic rings. The van der Waals surface area contributed by atoms with Gasteiger partial charge in [-0.05, 0) is 25.7 Å². The molecular weight excluding hydrogens is 176 g/mol. The SMILES string of the molecule is [CH2]C(OC(C)C(C)C)OC(C)C(C)C. The molecule has 0 rings (SSSR count). The molecule has 1 radical (unpaired) electrons. The third-order valence-electron chi connectivity index (χ3n) is 2.61. The van der Waals surface area contributed by atoms with Gasteiger partial charge in [-0.2, -0.15) is 0 Å². The standard InChI is InChI=1S/C12H25O2/c1-8(2)10(5)13-12(7)14-11(6)9(3)4/h8-12H,7H2,1-6H3. The van der Waals surface area contributed by atoms with Gasteiger partial charge in [0, 0.05) is 6.92 Å². The van der Waals surface area contributed by atoms with Gasteiger partial charge in [-0.1, -0.05) is 27.7 Å². The van der Waals surface area contributed by atoms with E-state index in [1.165, 1.54) is 0 Å². The van der Waals surface area contributed by atoms with Gasteiger partial charge in [0.2, 0.25) is 0 Å². The van der Waals surface area contributed by atoms with E-state index in [0.717, 1.165) is 0 Å². The van der Waals surface area contributed by atoms with Crippen LogP contribution < -0.4 is 0 Å². The molecule has 0 aliphatic heterocycles. The van der Waals surface area contributed by atoms with E-state index in [1.54, 1.807) is 0 Å². The predicted octanol–water partition coefficient (Wildman–Crippen LogP) is 3.27. The molecular formula is C12H25O2. The van der Waals surface area contributed by atoms with Gasteiger partial charge in [-0.25, -0.2) is 0 Å². The zero-order chi connectivity index (χ0) is 11.3. The van der Waals surface area contributed by atoms with Crippen LogP contribution >= 0.6 is 0 Å². The third kappa shape index (κ3) is 5.61. The molecule has 2 atom stereocenters. The van der Waals surface area contributed by atoms with Crippen molar-refractivity contribution in [2.75, 3.05) is 0 Å². The Balaban J connectivity index is 3.80. The molecule has 2 nitrogen and oxygen atoms in total. The van der Waals surface area contributed by atoms with Gasteiger partial charge >= 0.3 is 0 Å². The number of ether oxygens (including phenoxy) is 2. The smallest absolute Gasteiger partial charge is 0.158 e. The topological polar surface area (TPSA) is 18.5 Å². The average Bonchev–Trinajstić information content (AvgIpc) is 2.03. The van der Waals surface area contributed by atoms with Gasteiger partial charge in [-0.15, -0.1) is 0 Å². The van der Waals surface area contributed by atoms with Crippen LogP contribution in [0.1, 0.15) is 41.5 Å². The fourth-order valence-electron chi connectivity index (χ4n) is 0.825. The highest BCUT2D eigenvalue weighted by atomic mass is 16.7. The molecule has 0 saturated heterocycles. The Labute approximate surface area is 89.0 Å². The maximum atomic E-state index is 5.60. The molecule has 0 aromatic carbocycles. The van der Waals surface area contributed by atoms with Crippen molar-refractivity contribution in [1.82, 2.24) is 0 Å². The minimum Gasteiger partial charge on any atom is -0.349 e. The first-order chi connectivity index (χ1) is 6.34. The van der Waals surface area contributed by atoms with E-state index >= 15 is 0 Å². The summed E-state index contributed by atoms with van der Waals surface area (Å²) in [6, 6.07) is 0. The fraction of sp³-hybridized carbons (Fsp3) is 0.917. The van der Waals surface area contributed by atoms with E-state index in [1.807, 2.05) is 13.8 Å². The molecule has 0 amide bonds. The van der Waals surface area contributed by atoms with E-state index in [0.29, 0.717) is 11.8 Å². The number of hydrogen-bond acceptors (Lipinski definition) is 2. The minimum absolute atomic E-state index is 0.192. The lowest BCUT2D eigenvalue weighted by atomic mass is 10.1. The van der Waals surface area contributed by atoms with Crippen molar-refractivity contribution in [3.05, 3.63) is 6.92 Å². The molecule has 14 heavy (non-hydrogen) atoms. The van der Waals surface area contributed by atoms with Crippen molar-refractivity contribution in [2.24, 2.45) is 11.8 Å². The van der Waals surface area contributed by atoms with Crippen molar-refractivity contribution in [2.45, 2.75) is 60.0 Å². The fourth-order valence-corrected chi connectivity index (χ4v) is 0.825. The molecule has 0 aliphatic carbocycles. The van der Waals surface area contributed by atoms with E-state index in [9.17, 15) is 0 Å². The zero-order valence-corrected chi connectivity index (χ0v) is 10.4. The van der Waals surface area contributed by atoms with E-state index in [4.69, 9.17) is 9.47 Å². The van der Waals surface area contributed by atoms with Crippen molar-refractivity contribution in [3.63, 3.8) is 0 Å². The van der Waals surface area contributed by atoms with Gasteiger partial charge in [0.05, 0.1) is 12.2 Å². The van der Waals surface area contributed by atoms with E-state index in [-0.39, 0.29) is 18.5 Å². The van der Waals surface area contributed by atoms with Crippen molar-refractivity contribution in [3.8, 4) is 0 Å². The normalized spacial score (nSPS) is 18.6. The summed E-state index contributed by atoms with van der Waals surface area (Å²) in [5.41, 5.74) is 0. The van der Waals surface area contributed by atoms with Crippen molar-refractivity contribution < 1.29 is 9.47 Å². The largest absolute Gasteiger partial charge is 0.349 e. The van der Waals surface area contributed by atoms with Gasteiger partial charge in [0.25, 0.3) is 0 Å². The predicted molar refractivity (Wildman–Crippen MR) is 59.9 cm³/mol. The van der Waals surface area contributed by atoms with Crippen LogP contribution in [0, 0.1) is 18.8 Å².